The molecular weight excluding hydrogens is 332 g/mol. The smallest absolute Gasteiger partial charge is 0.229 e. The summed E-state index contributed by atoms with van der Waals surface area (Å²) in [5, 5.41) is 7.54. The highest BCUT2D eigenvalue weighted by Crippen LogP contribution is 2.20. The summed E-state index contributed by atoms with van der Waals surface area (Å²) in [5.74, 6) is 1.31. The highest BCUT2D eigenvalue weighted by Gasteiger charge is 2.27. The minimum Gasteiger partial charge on any atom is -0.354 e. The van der Waals surface area contributed by atoms with Crippen LogP contribution in [0.1, 0.15) is 31.2 Å². The number of piperidine rings is 1. The van der Waals surface area contributed by atoms with E-state index < -0.39 is 0 Å². The van der Waals surface area contributed by atoms with Gasteiger partial charge in [-0.25, -0.2) is 0 Å². The Bertz CT molecular complexity index is 667. The number of guanidine groups is 1. The zero-order valence-corrected chi connectivity index (χ0v) is 15.6. The minimum atomic E-state index is -0.0595. The highest BCUT2D eigenvalue weighted by atomic mass is 16.2. The van der Waals surface area contributed by atoms with Crippen LogP contribution in [0.4, 0.5) is 0 Å². The predicted molar refractivity (Wildman–Crippen MR) is 98.5 cm³/mol. The molecule has 2 fully saturated rings. The summed E-state index contributed by atoms with van der Waals surface area (Å²) < 4.78 is 1.84. The van der Waals surface area contributed by atoms with Crippen LogP contribution in [-0.2, 0) is 23.1 Å². The molecule has 26 heavy (non-hydrogen) atoms. The molecule has 1 N–H and O–H groups in total. The molecule has 2 aliphatic heterocycles. The Morgan fingerprint density at radius 1 is 1.35 bits per heavy atom. The lowest BCUT2D eigenvalue weighted by Crippen LogP contribution is -2.47. The Morgan fingerprint density at radius 2 is 2.12 bits per heavy atom. The molecule has 3 heterocycles. The lowest BCUT2D eigenvalue weighted by Gasteiger charge is -2.26. The van der Waals surface area contributed by atoms with Crippen molar-refractivity contribution in [1.29, 1.82) is 0 Å². The first-order valence-corrected chi connectivity index (χ1v) is 9.33. The summed E-state index contributed by atoms with van der Waals surface area (Å²) >= 11 is 0. The predicted octanol–water partition coefficient (Wildman–Crippen LogP) is 0.399. The number of aryl methyl sites for hydroxylation is 1. The molecule has 2 saturated heterocycles. The van der Waals surface area contributed by atoms with Crippen LogP contribution in [0.2, 0.25) is 0 Å². The molecule has 2 amide bonds. The van der Waals surface area contributed by atoms with Crippen LogP contribution < -0.4 is 5.32 Å². The van der Waals surface area contributed by atoms with Gasteiger partial charge in [-0.3, -0.25) is 24.2 Å². The van der Waals surface area contributed by atoms with Gasteiger partial charge in [-0.2, -0.15) is 5.10 Å². The molecule has 1 atom stereocenters. The fraction of sp³-hybridized carbons (Fsp3) is 0.667. The maximum Gasteiger partial charge on any atom is 0.229 e. The zero-order chi connectivity index (χ0) is 18.5. The normalized spacial score (nSPS) is 21.6. The number of likely N-dealkylation sites (tertiary alicyclic amines) is 2. The van der Waals surface area contributed by atoms with Crippen LogP contribution in [0.25, 0.3) is 0 Å². The molecular formula is C18H28N6O2. The first-order chi connectivity index (χ1) is 12.6. The summed E-state index contributed by atoms with van der Waals surface area (Å²) in [5.41, 5.74) is 1.27. The average Bonchev–Trinajstić information content (AvgIpc) is 3.23. The van der Waals surface area contributed by atoms with Crippen molar-refractivity contribution in [2.24, 2.45) is 18.0 Å². The monoisotopic (exact) mass is 360 g/mol. The van der Waals surface area contributed by atoms with E-state index in [1.54, 1.807) is 7.05 Å². The van der Waals surface area contributed by atoms with Crippen LogP contribution >= 0.6 is 0 Å². The topological polar surface area (TPSA) is 82.8 Å². The molecule has 8 nitrogen and oxygen atoms in total. The third-order valence-electron chi connectivity index (χ3n) is 5.08. The van der Waals surface area contributed by atoms with E-state index in [0.717, 1.165) is 31.9 Å². The van der Waals surface area contributed by atoms with Gasteiger partial charge >= 0.3 is 0 Å². The van der Waals surface area contributed by atoms with E-state index in [-0.39, 0.29) is 11.8 Å². The van der Waals surface area contributed by atoms with E-state index in [9.17, 15) is 9.59 Å². The van der Waals surface area contributed by atoms with Gasteiger partial charge in [0.15, 0.2) is 5.96 Å². The van der Waals surface area contributed by atoms with Crippen LogP contribution in [-0.4, -0.2) is 70.6 Å². The lowest BCUT2D eigenvalue weighted by atomic mass is 10.0. The van der Waals surface area contributed by atoms with Gasteiger partial charge in [-0.1, -0.05) is 0 Å². The highest BCUT2D eigenvalue weighted by molar-refractivity contribution is 5.97. The van der Waals surface area contributed by atoms with Crippen molar-refractivity contribution in [1.82, 2.24) is 24.9 Å². The first-order valence-electron chi connectivity index (χ1n) is 9.33. The largest absolute Gasteiger partial charge is 0.354 e. The SMILES string of the molecule is CN=C(NCCN1C(=O)CCCC1=O)N1CCC(Cc2cnn(C)c2)C1. The molecule has 0 spiro atoms. The summed E-state index contributed by atoms with van der Waals surface area (Å²) in [6, 6.07) is 0. The second kappa shape index (κ2) is 8.33. The third-order valence-corrected chi connectivity index (χ3v) is 5.08. The fourth-order valence-corrected chi connectivity index (χ4v) is 3.76. The third kappa shape index (κ3) is 4.42. The second-order valence-corrected chi connectivity index (χ2v) is 7.09. The van der Waals surface area contributed by atoms with Crippen molar-refractivity contribution >= 4 is 17.8 Å². The number of carbonyl (C=O) groups excluding carboxylic acids is 2. The van der Waals surface area contributed by atoms with E-state index >= 15 is 0 Å². The number of nitrogens with zero attached hydrogens (tertiary/aromatic N) is 5. The number of hydrogen-bond acceptors (Lipinski definition) is 4. The number of aromatic nitrogens is 2. The molecule has 2 aliphatic rings. The van der Waals surface area contributed by atoms with Crippen molar-refractivity contribution in [3.63, 3.8) is 0 Å². The van der Waals surface area contributed by atoms with Gasteiger partial charge in [0, 0.05) is 59.3 Å². The number of hydrogen-bond donors (Lipinski definition) is 1. The van der Waals surface area contributed by atoms with Crippen LogP contribution in [0.3, 0.4) is 0 Å². The van der Waals surface area contributed by atoms with Gasteiger partial charge in [0.2, 0.25) is 11.8 Å². The first kappa shape index (κ1) is 18.4. The minimum absolute atomic E-state index is 0.0595. The molecule has 1 aromatic rings. The molecule has 0 aliphatic carbocycles. The van der Waals surface area contributed by atoms with E-state index in [4.69, 9.17) is 0 Å². The molecule has 0 aromatic carbocycles. The maximum absolute atomic E-state index is 11.9. The van der Waals surface area contributed by atoms with Crippen molar-refractivity contribution in [3.8, 4) is 0 Å². The zero-order valence-electron chi connectivity index (χ0n) is 15.6. The number of imide groups is 1. The van der Waals surface area contributed by atoms with Gasteiger partial charge in [-0.15, -0.1) is 0 Å². The summed E-state index contributed by atoms with van der Waals surface area (Å²) in [7, 11) is 3.71. The average molecular weight is 360 g/mol. The Balaban J connectivity index is 1.45. The molecule has 0 radical (unpaired) electrons. The molecule has 0 saturated carbocycles. The molecule has 3 rings (SSSR count). The molecule has 8 heteroatoms. The Kier molecular flexibility index (Phi) is 5.90. The van der Waals surface area contributed by atoms with Gasteiger partial charge in [0.1, 0.15) is 0 Å². The fourth-order valence-electron chi connectivity index (χ4n) is 3.76. The van der Waals surface area contributed by atoms with Crippen molar-refractivity contribution in [2.45, 2.75) is 32.1 Å². The Morgan fingerprint density at radius 3 is 2.77 bits per heavy atom. The van der Waals surface area contributed by atoms with E-state index in [1.165, 1.54) is 10.5 Å². The standard InChI is InChI=1S/C18H28N6O2/c1-19-18(20-7-9-24-16(25)4-3-5-17(24)26)23-8-6-14(13-23)10-15-11-21-22(2)12-15/h11-12,14H,3-10,13H2,1-2H3,(H,19,20). The van der Waals surface area contributed by atoms with Crippen molar-refractivity contribution < 1.29 is 9.59 Å². The summed E-state index contributed by atoms with van der Waals surface area (Å²) in [4.78, 5) is 31.7. The van der Waals surface area contributed by atoms with Crippen LogP contribution in [0.5, 0.6) is 0 Å². The van der Waals surface area contributed by atoms with Crippen LogP contribution in [0, 0.1) is 5.92 Å². The Labute approximate surface area is 154 Å². The van der Waals surface area contributed by atoms with Gasteiger partial charge in [-0.05, 0) is 30.7 Å². The maximum atomic E-state index is 11.9. The van der Waals surface area contributed by atoms with Gasteiger partial charge in [0.05, 0.1) is 6.20 Å². The van der Waals surface area contributed by atoms with Crippen molar-refractivity contribution in [2.75, 3.05) is 33.2 Å². The number of amides is 2. The number of aliphatic imine (C=N–C) groups is 1. The van der Waals surface area contributed by atoms with Gasteiger partial charge in [0.25, 0.3) is 0 Å². The second-order valence-electron chi connectivity index (χ2n) is 7.09. The molecule has 0 bridgehead atoms. The lowest BCUT2D eigenvalue weighted by molar-refractivity contribution is -0.147. The van der Waals surface area contributed by atoms with E-state index in [1.807, 2.05) is 17.9 Å². The molecule has 142 valence electrons. The number of carbonyl (C=O) groups is 2. The van der Waals surface area contributed by atoms with E-state index in [2.05, 4.69) is 26.5 Å². The summed E-state index contributed by atoms with van der Waals surface area (Å²) in [6.45, 7) is 2.86. The number of rotatable bonds is 5. The van der Waals surface area contributed by atoms with Crippen molar-refractivity contribution in [3.05, 3.63) is 18.0 Å². The van der Waals surface area contributed by atoms with Crippen LogP contribution in [0.15, 0.2) is 17.4 Å². The number of nitrogens with one attached hydrogen (secondary N) is 1. The van der Waals surface area contributed by atoms with Gasteiger partial charge < -0.3 is 10.2 Å². The molecule has 1 aromatic heterocycles. The quantitative estimate of drug-likeness (QED) is 0.467. The van der Waals surface area contributed by atoms with E-state index in [0.29, 0.717) is 38.3 Å². The molecule has 1 unspecified atom stereocenters. The summed E-state index contributed by atoms with van der Waals surface area (Å²) in [6.07, 6.45) is 7.78. The Hall–Kier alpha value is -2.38.